The molecule has 1 aliphatic heterocycles. The number of hydrogen-bond donors (Lipinski definition) is 0. The highest BCUT2D eigenvalue weighted by atomic mass is 16.5. The highest BCUT2D eigenvalue weighted by molar-refractivity contribution is 6.09. The molecule has 5 nitrogen and oxygen atoms in total. The molecule has 0 radical (unpaired) electrons. The lowest BCUT2D eigenvalue weighted by Crippen LogP contribution is -2.14. The molecule has 2 heterocycles. The minimum atomic E-state index is -0.0150. The second-order valence-corrected chi connectivity index (χ2v) is 4.95. The molecule has 21 heavy (non-hydrogen) atoms. The molecule has 110 valence electrons. The van der Waals surface area contributed by atoms with Crippen LogP contribution in [0.25, 0.3) is 0 Å². The van der Waals surface area contributed by atoms with Crippen molar-refractivity contribution < 1.29 is 14.3 Å². The van der Waals surface area contributed by atoms with E-state index in [-0.39, 0.29) is 5.78 Å². The molecular formula is C16H18N2O3. The van der Waals surface area contributed by atoms with Gasteiger partial charge in [-0.3, -0.25) is 9.48 Å². The second-order valence-electron chi connectivity index (χ2n) is 4.95. The average Bonchev–Trinajstić information content (AvgIpc) is 2.92. The van der Waals surface area contributed by atoms with Crippen molar-refractivity contribution in [3.63, 3.8) is 0 Å². The molecule has 0 spiro atoms. The third-order valence-electron chi connectivity index (χ3n) is 3.73. The number of nitrogens with zero attached hydrogens (tertiary/aromatic N) is 2. The number of aryl methyl sites for hydroxylation is 1. The molecule has 0 N–H and O–H groups in total. The number of aromatic nitrogens is 2. The van der Waals surface area contributed by atoms with E-state index in [1.807, 2.05) is 6.92 Å². The molecule has 0 amide bonds. The summed E-state index contributed by atoms with van der Waals surface area (Å²) in [4.78, 5) is 12.8. The molecule has 0 aliphatic carbocycles. The molecule has 2 aromatic rings. The van der Waals surface area contributed by atoms with Crippen molar-refractivity contribution in [1.82, 2.24) is 9.78 Å². The number of carbonyl (C=O) groups is 1. The van der Waals surface area contributed by atoms with Gasteiger partial charge in [0.2, 0.25) is 5.78 Å². The third kappa shape index (κ3) is 2.45. The van der Waals surface area contributed by atoms with Crippen LogP contribution in [0.1, 0.15) is 34.2 Å². The predicted octanol–water partition coefficient (Wildman–Crippen LogP) is 2.22. The number of ether oxygens (including phenoxy) is 2. The van der Waals surface area contributed by atoms with Crippen LogP contribution in [0, 0.1) is 0 Å². The smallest absolute Gasteiger partial charge is 0.211 e. The van der Waals surface area contributed by atoms with Gasteiger partial charge in [0.1, 0.15) is 11.4 Å². The second kappa shape index (κ2) is 5.69. The molecule has 1 aliphatic rings. The van der Waals surface area contributed by atoms with Gasteiger partial charge in [-0.15, -0.1) is 0 Å². The normalized spacial score (nSPS) is 13.8. The Morgan fingerprint density at radius 1 is 1.38 bits per heavy atom. The number of methoxy groups -OCH3 is 1. The molecule has 1 aromatic carbocycles. The average molecular weight is 286 g/mol. The summed E-state index contributed by atoms with van der Waals surface area (Å²) in [6.45, 7) is 3.80. The molecule has 0 unspecified atom stereocenters. The van der Waals surface area contributed by atoms with E-state index < -0.39 is 0 Å². The first-order valence-electron chi connectivity index (χ1n) is 7.09. The van der Waals surface area contributed by atoms with Crippen LogP contribution in [-0.4, -0.2) is 29.3 Å². The zero-order valence-electron chi connectivity index (χ0n) is 12.3. The zero-order chi connectivity index (χ0) is 14.8. The lowest BCUT2D eigenvalue weighted by atomic mass is 10.0. The molecule has 5 heteroatoms. The zero-order valence-corrected chi connectivity index (χ0v) is 12.3. The summed E-state index contributed by atoms with van der Waals surface area (Å²) >= 11 is 0. The first kappa shape index (κ1) is 13.8. The molecule has 0 fully saturated rings. The highest BCUT2D eigenvalue weighted by Gasteiger charge is 2.25. The number of hydrogen-bond acceptors (Lipinski definition) is 4. The van der Waals surface area contributed by atoms with Gasteiger partial charge in [-0.05, 0) is 31.2 Å². The van der Waals surface area contributed by atoms with Gasteiger partial charge in [0.05, 0.1) is 26.0 Å². The Bertz CT molecular complexity index is 659. The summed E-state index contributed by atoms with van der Waals surface area (Å²) in [5.74, 6) is 0.722. The minimum absolute atomic E-state index is 0.0150. The fourth-order valence-corrected chi connectivity index (χ4v) is 2.61. The summed E-state index contributed by atoms with van der Waals surface area (Å²) < 4.78 is 12.4. The van der Waals surface area contributed by atoms with Crippen molar-refractivity contribution in [3.05, 3.63) is 46.8 Å². The Balaban J connectivity index is 2.02. The summed E-state index contributed by atoms with van der Waals surface area (Å²) in [7, 11) is 1.61. The Morgan fingerprint density at radius 3 is 2.81 bits per heavy atom. The van der Waals surface area contributed by atoms with Gasteiger partial charge in [-0.25, -0.2) is 0 Å². The molecule has 1 aromatic heterocycles. The Hall–Kier alpha value is -2.14. The van der Waals surface area contributed by atoms with Crippen LogP contribution in [0.2, 0.25) is 0 Å². The highest BCUT2D eigenvalue weighted by Crippen LogP contribution is 2.24. The van der Waals surface area contributed by atoms with Gasteiger partial charge >= 0.3 is 0 Å². The largest absolute Gasteiger partial charge is 0.497 e. The van der Waals surface area contributed by atoms with Gasteiger partial charge in [-0.1, -0.05) is 0 Å². The van der Waals surface area contributed by atoms with E-state index in [2.05, 4.69) is 5.10 Å². The lowest BCUT2D eigenvalue weighted by Gasteiger charge is -2.12. The van der Waals surface area contributed by atoms with Crippen molar-refractivity contribution in [2.75, 3.05) is 13.7 Å². The van der Waals surface area contributed by atoms with E-state index in [1.165, 1.54) is 0 Å². The van der Waals surface area contributed by atoms with Crippen LogP contribution in [0.15, 0.2) is 24.3 Å². The van der Waals surface area contributed by atoms with Gasteiger partial charge < -0.3 is 9.47 Å². The maximum Gasteiger partial charge on any atom is 0.211 e. The fourth-order valence-electron chi connectivity index (χ4n) is 2.61. The SMILES string of the molecule is CCn1nc2c(c1C(=O)c1ccc(OC)cc1)COCC2. The van der Waals surface area contributed by atoms with E-state index >= 15 is 0 Å². The van der Waals surface area contributed by atoms with Crippen molar-refractivity contribution in [3.8, 4) is 5.75 Å². The van der Waals surface area contributed by atoms with E-state index in [4.69, 9.17) is 9.47 Å². The Morgan fingerprint density at radius 2 is 2.14 bits per heavy atom. The topological polar surface area (TPSA) is 53.4 Å². The van der Waals surface area contributed by atoms with E-state index in [0.717, 1.165) is 23.4 Å². The third-order valence-corrected chi connectivity index (χ3v) is 3.73. The molecule has 0 bridgehead atoms. The monoisotopic (exact) mass is 286 g/mol. The van der Waals surface area contributed by atoms with Crippen molar-refractivity contribution in [1.29, 1.82) is 0 Å². The maximum atomic E-state index is 12.8. The first-order valence-corrected chi connectivity index (χ1v) is 7.09. The number of carbonyl (C=O) groups excluding carboxylic acids is 1. The standard InChI is InChI=1S/C16H18N2O3/c1-3-18-15(13-10-21-9-8-14(13)17-18)16(19)11-4-6-12(20-2)7-5-11/h4-7H,3,8-10H2,1-2H3. The van der Waals surface area contributed by atoms with Gasteiger partial charge in [0.15, 0.2) is 0 Å². The molecular weight excluding hydrogens is 268 g/mol. The molecule has 0 atom stereocenters. The lowest BCUT2D eigenvalue weighted by molar-refractivity contribution is 0.0991. The minimum Gasteiger partial charge on any atom is -0.497 e. The van der Waals surface area contributed by atoms with E-state index in [1.54, 1.807) is 36.1 Å². The van der Waals surface area contributed by atoms with Crippen molar-refractivity contribution in [2.24, 2.45) is 0 Å². The first-order chi connectivity index (χ1) is 10.2. The van der Waals surface area contributed by atoms with Crippen molar-refractivity contribution in [2.45, 2.75) is 26.5 Å². The Kier molecular flexibility index (Phi) is 3.75. The Labute approximate surface area is 123 Å². The number of rotatable bonds is 4. The van der Waals surface area contributed by atoms with Crippen LogP contribution in [0.5, 0.6) is 5.75 Å². The number of fused-ring (bicyclic) bond motifs is 1. The summed E-state index contributed by atoms with van der Waals surface area (Å²) in [5, 5.41) is 4.54. The van der Waals surface area contributed by atoms with Crippen molar-refractivity contribution >= 4 is 5.78 Å². The van der Waals surface area contributed by atoms with E-state index in [9.17, 15) is 4.79 Å². The van der Waals surface area contributed by atoms with Gasteiger partial charge in [0, 0.05) is 24.1 Å². The predicted molar refractivity (Wildman–Crippen MR) is 77.7 cm³/mol. The van der Waals surface area contributed by atoms with E-state index in [0.29, 0.717) is 31.0 Å². The molecule has 3 rings (SSSR count). The van der Waals surface area contributed by atoms with Crippen LogP contribution in [0.4, 0.5) is 0 Å². The fraction of sp³-hybridized carbons (Fsp3) is 0.375. The molecule has 0 saturated heterocycles. The maximum absolute atomic E-state index is 12.8. The van der Waals surface area contributed by atoms with Crippen LogP contribution in [-0.2, 0) is 24.3 Å². The quantitative estimate of drug-likeness (QED) is 0.809. The summed E-state index contributed by atoms with van der Waals surface area (Å²) in [6, 6.07) is 7.15. The van der Waals surface area contributed by atoms with Crippen LogP contribution in [0.3, 0.4) is 0 Å². The number of ketones is 1. The van der Waals surface area contributed by atoms with Gasteiger partial charge in [0.25, 0.3) is 0 Å². The summed E-state index contributed by atoms with van der Waals surface area (Å²) in [6.07, 6.45) is 0.769. The molecule has 0 saturated carbocycles. The van der Waals surface area contributed by atoms with Crippen LogP contribution >= 0.6 is 0 Å². The van der Waals surface area contributed by atoms with Crippen LogP contribution < -0.4 is 4.74 Å². The summed E-state index contributed by atoms with van der Waals surface area (Å²) in [5.41, 5.74) is 3.21. The number of benzene rings is 1. The van der Waals surface area contributed by atoms with Gasteiger partial charge in [-0.2, -0.15) is 5.10 Å².